The van der Waals surface area contributed by atoms with Gasteiger partial charge in [0.2, 0.25) is 0 Å². The van der Waals surface area contributed by atoms with Crippen LogP contribution in [0.1, 0.15) is 18.1 Å². The highest BCUT2D eigenvalue weighted by molar-refractivity contribution is 5.46. The summed E-state index contributed by atoms with van der Waals surface area (Å²) in [4.78, 5) is 0. The van der Waals surface area contributed by atoms with Crippen molar-refractivity contribution in [1.82, 2.24) is 14.3 Å². The standard InChI is InChI=1S/C17H20N4/c1-2-20-10-7-16(13-20)12-18-17-6-3-5-15(11-17)14-21-9-4-8-19-21/h3-11,13,18H,2,12,14H2,1H3. The van der Waals surface area contributed by atoms with Gasteiger partial charge in [0.1, 0.15) is 0 Å². The molecule has 2 heterocycles. The molecular formula is C17H20N4. The molecule has 1 N–H and O–H groups in total. The Morgan fingerprint density at radius 3 is 2.81 bits per heavy atom. The number of nitrogens with one attached hydrogen (secondary N) is 1. The van der Waals surface area contributed by atoms with E-state index >= 15 is 0 Å². The van der Waals surface area contributed by atoms with E-state index in [0.717, 1.165) is 25.3 Å². The van der Waals surface area contributed by atoms with Crippen molar-refractivity contribution in [2.45, 2.75) is 26.6 Å². The molecule has 0 saturated heterocycles. The van der Waals surface area contributed by atoms with Gasteiger partial charge in [0.15, 0.2) is 0 Å². The summed E-state index contributed by atoms with van der Waals surface area (Å²) < 4.78 is 4.12. The van der Waals surface area contributed by atoms with Crippen LogP contribution in [0, 0.1) is 0 Å². The van der Waals surface area contributed by atoms with E-state index in [1.54, 1.807) is 6.20 Å². The van der Waals surface area contributed by atoms with Gasteiger partial charge in [-0.25, -0.2) is 0 Å². The minimum atomic E-state index is 0.800. The second-order valence-corrected chi connectivity index (χ2v) is 5.11. The average molecular weight is 280 g/mol. The number of nitrogens with zero attached hydrogens (tertiary/aromatic N) is 3. The average Bonchev–Trinajstić information content (AvgIpc) is 3.17. The van der Waals surface area contributed by atoms with Crippen molar-refractivity contribution in [3.05, 3.63) is 72.3 Å². The van der Waals surface area contributed by atoms with Crippen LogP contribution in [-0.2, 0) is 19.6 Å². The van der Waals surface area contributed by atoms with E-state index < -0.39 is 0 Å². The lowest BCUT2D eigenvalue weighted by Gasteiger charge is -2.08. The molecule has 0 atom stereocenters. The normalized spacial score (nSPS) is 10.7. The van der Waals surface area contributed by atoms with Crippen LogP contribution in [0.25, 0.3) is 0 Å². The fraction of sp³-hybridized carbons (Fsp3) is 0.235. The second-order valence-electron chi connectivity index (χ2n) is 5.11. The molecule has 4 nitrogen and oxygen atoms in total. The van der Waals surface area contributed by atoms with Crippen molar-refractivity contribution in [3.63, 3.8) is 0 Å². The Balaban J connectivity index is 1.63. The largest absolute Gasteiger partial charge is 0.381 e. The Bertz CT molecular complexity index is 682. The van der Waals surface area contributed by atoms with Crippen LogP contribution in [0.2, 0.25) is 0 Å². The summed E-state index contributed by atoms with van der Waals surface area (Å²) in [6.45, 7) is 4.81. The lowest BCUT2D eigenvalue weighted by atomic mass is 10.2. The molecule has 4 heteroatoms. The molecule has 2 aromatic heterocycles. The third-order valence-corrected chi connectivity index (χ3v) is 3.50. The molecule has 0 aliphatic carbocycles. The fourth-order valence-corrected chi connectivity index (χ4v) is 2.36. The van der Waals surface area contributed by atoms with Crippen LogP contribution < -0.4 is 5.32 Å². The van der Waals surface area contributed by atoms with Crippen LogP contribution in [0.15, 0.2) is 61.2 Å². The highest BCUT2D eigenvalue weighted by Crippen LogP contribution is 2.13. The molecule has 1 aromatic carbocycles. The summed E-state index contributed by atoms with van der Waals surface area (Å²) in [7, 11) is 0. The Hall–Kier alpha value is -2.49. The first-order valence-electron chi connectivity index (χ1n) is 7.28. The molecule has 108 valence electrons. The molecule has 21 heavy (non-hydrogen) atoms. The molecule has 0 amide bonds. The van der Waals surface area contributed by atoms with Gasteiger partial charge in [-0.15, -0.1) is 0 Å². The van der Waals surface area contributed by atoms with Gasteiger partial charge < -0.3 is 9.88 Å². The van der Waals surface area contributed by atoms with Gasteiger partial charge in [-0.2, -0.15) is 5.10 Å². The van der Waals surface area contributed by atoms with Gasteiger partial charge in [0, 0.05) is 43.6 Å². The van der Waals surface area contributed by atoms with Crippen LogP contribution >= 0.6 is 0 Å². The number of benzene rings is 1. The third kappa shape index (κ3) is 3.54. The van der Waals surface area contributed by atoms with Crippen LogP contribution in [0.5, 0.6) is 0 Å². The Morgan fingerprint density at radius 1 is 1.10 bits per heavy atom. The van der Waals surface area contributed by atoms with E-state index in [0.29, 0.717) is 0 Å². The number of aromatic nitrogens is 3. The summed E-state index contributed by atoms with van der Waals surface area (Å²) in [6, 6.07) is 12.6. The van der Waals surface area contributed by atoms with Crippen molar-refractivity contribution < 1.29 is 0 Å². The first-order chi connectivity index (χ1) is 10.3. The van der Waals surface area contributed by atoms with Crippen molar-refractivity contribution >= 4 is 5.69 Å². The van der Waals surface area contributed by atoms with Crippen molar-refractivity contribution in [2.24, 2.45) is 0 Å². The molecule has 0 bridgehead atoms. The summed E-state index contributed by atoms with van der Waals surface area (Å²) in [5.74, 6) is 0. The molecule has 0 aliphatic rings. The van der Waals surface area contributed by atoms with Gasteiger partial charge in [-0.1, -0.05) is 12.1 Å². The van der Waals surface area contributed by atoms with Gasteiger partial charge >= 0.3 is 0 Å². The molecule has 0 spiro atoms. The smallest absolute Gasteiger partial charge is 0.0660 e. The topological polar surface area (TPSA) is 34.8 Å². The number of aryl methyl sites for hydroxylation is 1. The number of rotatable bonds is 6. The first-order valence-corrected chi connectivity index (χ1v) is 7.28. The van der Waals surface area contributed by atoms with Gasteiger partial charge in [0.25, 0.3) is 0 Å². The molecule has 0 radical (unpaired) electrons. The second kappa shape index (κ2) is 6.31. The van der Waals surface area contributed by atoms with E-state index in [9.17, 15) is 0 Å². The Morgan fingerprint density at radius 2 is 2.05 bits per heavy atom. The minimum Gasteiger partial charge on any atom is -0.381 e. The molecule has 0 saturated carbocycles. The van der Waals surface area contributed by atoms with Crippen LogP contribution in [0.3, 0.4) is 0 Å². The van der Waals surface area contributed by atoms with E-state index in [4.69, 9.17) is 0 Å². The Kier molecular flexibility index (Phi) is 4.05. The maximum absolute atomic E-state index is 4.24. The van der Waals surface area contributed by atoms with E-state index in [1.165, 1.54) is 11.1 Å². The summed E-state index contributed by atoms with van der Waals surface area (Å²) in [5.41, 5.74) is 3.69. The highest BCUT2D eigenvalue weighted by atomic mass is 15.3. The Labute approximate surface area is 125 Å². The monoisotopic (exact) mass is 280 g/mol. The molecular weight excluding hydrogens is 260 g/mol. The predicted molar refractivity (Wildman–Crippen MR) is 85.2 cm³/mol. The van der Waals surface area contributed by atoms with E-state index in [-0.39, 0.29) is 0 Å². The lowest BCUT2D eigenvalue weighted by Crippen LogP contribution is -2.02. The molecule has 0 fully saturated rings. The summed E-state index contributed by atoms with van der Waals surface area (Å²) >= 11 is 0. The van der Waals surface area contributed by atoms with E-state index in [2.05, 4.69) is 64.6 Å². The predicted octanol–water partition coefficient (Wildman–Crippen LogP) is 3.36. The summed E-state index contributed by atoms with van der Waals surface area (Å²) in [5, 5.41) is 7.72. The quantitative estimate of drug-likeness (QED) is 0.751. The van der Waals surface area contributed by atoms with Crippen molar-refractivity contribution in [2.75, 3.05) is 5.32 Å². The zero-order valence-corrected chi connectivity index (χ0v) is 12.2. The first kappa shape index (κ1) is 13.5. The zero-order chi connectivity index (χ0) is 14.5. The van der Waals surface area contributed by atoms with Crippen LogP contribution in [0.4, 0.5) is 5.69 Å². The maximum Gasteiger partial charge on any atom is 0.0660 e. The number of anilines is 1. The minimum absolute atomic E-state index is 0.800. The van der Waals surface area contributed by atoms with Gasteiger partial charge in [-0.05, 0) is 42.3 Å². The fourth-order valence-electron chi connectivity index (χ4n) is 2.36. The zero-order valence-electron chi connectivity index (χ0n) is 12.2. The van der Waals surface area contributed by atoms with Gasteiger partial charge in [-0.3, -0.25) is 4.68 Å². The van der Waals surface area contributed by atoms with Crippen molar-refractivity contribution in [1.29, 1.82) is 0 Å². The lowest BCUT2D eigenvalue weighted by molar-refractivity contribution is 0.687. The maximum atomic E-state index is 4.24. The van der Waals surface area contributed by atoms with Gasteiger partial charge in [0.05, 0.1) is 6.54 Å². The summed E-state index contributed by atoms with van der Waals surface area (Å²) in [6.07, 6.45) is 8.08. The molecule has 0 aliphatic heterocycles. The SMILES string of the molecule is CCn1ccc(CNc2cccc(Cn3cccn3)c2)c1. The molecule has 3 rings (SSSR count). The number of hydrogen-bond acceptors (Lipinski definition) is 2. The van der Waals surface area contributed by atoms with Crippen molar-refractivity contribution in [3.8, 4) is 0 Å². The van der Waals surface area contributed by atoms with E-state index in [1.807, 2.05) is 16.9 Å². The van der Waals surface area contributed by atoms with Crippen LogP contribution in [-0.4, -0.2) is 14.3 Å². The molecule has 0 unspecified atom stereocenters. The number of hydrogen-bond donors (Lipinski definition) is 1. The third-order valence-electron chi connectivity index (χ3n) is 3.50. The molecule has 3 aromatic rings. The highest BCUT2D eigenvalue weighted by Gasteiger charge is 1.99.